The van der Waals surface area contributed by atoms with Crippen LogP contribution in [0.2, 0.25) is 0 Å². The van der Waals surface area contributed by atoms with E-state index in [0.29, 0.717) is 5.92 Å². The van der Waals surface area contributed by atoms with Gasteiger partial charge in [0.1, 0.15) is 5.76 Å². The van der Waals surface area contributed by atoms with Gasteiger partial charge in [-0.25, -0.2) is 4.98 Å². The van der Waals surface area contributed by atoms with Crippen molar-refractivity contribution < 1.29 is 4.42 Å². The molecule has 1 aliphatic heterocycles. The number of nitrogens with two attached hydrogens (primary N) is 1. The molecule has 102 valence electrons. The van der Waals surface area contributed by atoms with Gasteiger partial charge in [0.2, 0.25) is 5.89 Å². The first-order chi connectivity index (χ1) is 9.26. The first-order valence-corrected chi connectivity index (χ1v) is 7.57. The van der Waals surface area contributed by atoms with E-state index in [-0.39, 0.29) is 0 Å². The van der Waals surface area contributed by atoms with Gasteiger partial charge in [-0.2, -0.15) is 0 Å². The molecule has 0 aromatic carbocycles. The number of rotatable bonds is 4. The van der Waals surface area contributed by atoms with Crippen molar-refractivity contribution in [3.8, 4) is 10.8 Å². The lowest BCUT2D eigenvalue weighted by Crippen LogP contribution is -2.23. The largest absolute Gasteiger partial charge is 0.440 e. The lowest BCUT2D eigenvalue weighted by atomic mass is 10.1. The molecule has 1 saturated heterocycles. The first kappa shape index (κ1) is 12.8. The third-order valence-electron chi connectivity index (χ3n) is 3.70. The highest BCUT2D eigenvalue weighted by Crippen LogP contribution is 2.27. The van der Waals surface area contributed by atoms with Crippen LogP contribution in [0.3, 0.4) is 0 Å². The smallest absolute Gasteiger partial charge is 0.236 e. The van der Waals surface area contributed by atoms with Gasteiger partial charge < -0.3 is 10.2 Å². The molecule has 0 bridgehead atoms. The second kappa shape index (κ2) is 5.45. The molecule has 3 heterocycles. The van der Waals surface area contributed by atoms with Gasteiger partial charge in [-0.05, 0) is 43.8 Å². The highest BCUT2D eigenvalue weighted by atomic mass is 32.1. The standard InChI is InChI=1S/C14H19N3OS/c1-10-12(9-17-5-4-11(7-15)8-17)16-14(18-10)13-3-2-6-19-13/h2-3,6,11H,4-5,7-9,15H2,1H3. The summed E-state index contributed by atoms with van der Waals surface area (Å²) in [5.41, 5.74) is 6.78. The van der Waals surface area contributed by atoms with Crippen molar-refractivity contribution in [3.63, 3.8) is 0 Å². The number of thiophene rings is 1. The summed E-state index contributed by atoms with van der Waals surface area (Å²) in [6.07, 6.45) is 1.20. The Morgan fingerprint density at radius 1 is 1.58 bits per heavy atom. The molecule has 0 saturated carbocycles. The summed E-state index contributed by atoms with van der Waals surface area (Å²) in [5, 5.41) is 2.04. The van der Waals surface area contributed by atoms with Crippen LogP contribution in [-0.4, -0.2) is 29.5 Å². The highest BCUT2D eigenvalue weighted by molar-refractivity contribution is 7.13. The van der Waals surface area contributed by atoms with E-state index >= 15 is 0 Å². The molecular weight excluding hydrogens is 258 g/mol. The number of hydrogen-bond acceptors (Lipinski definition) is 5. The second-order valence-corrected chi connectivity index (χ2v) is 6.07. The molecule has 0 spiro atoms. The van der Waals surface area contributed by atoms with Gasteiger partial charge in [-0.1, -0.05) is 6.07 Å². The Kier molecular flexibility index (Phi) is 3.68. The third kappa shape index (κ3) is 2.73. The zero-order valence-electron chi connectivity index (χ0n) is 11.1. The van der Waals surface area contributed by atoms with Crippen molar-refractivity contribution in [2.24, 2.45) is 11.7 Å². The van der Waals surface area contributed by atoms with E-state index in [1.165, 1.54) is 6.42 Å². The maximum absolute atomic E-state index is 5.77. The van der Waals surface area contributed by atoms with Crippen LogP contribution >= 0.6 is 11.3 Å². The van der Waals surface area contributed by atoms with E-state index in [2.05, 4.69) is 9.88 Å². The number of hydrogen-bond donors (Lipinski definition) is 1. The van der Waals surface area contributed by atoms with Crippen molar-refractivity contribution in [2.45, 2.75) is 19.9 Å². The van der Waals surface area contributed by atoms with Crippen LogP contribution in [0.15, 0.2) is 21.9 Å². The molecule has 4 nitrogen and oxygen atoms in total. The molecule has 0 amide bonds. The molecule has 5 heteroatoms. The molecule has 3 rings (SSSR count). The normalized spacial score (nSPS) is 20.2. The summed E-state index contributed by atoms with van der Waals surface area (Å²) in [6, 6.07) is 4.06. The van der Waals surface area contributed by atoms with Gasteiger partial charge >= 0.3 is 0 Å². The lowest BCUT2D eigenvalue weighted by Gasteiger charge is -2.13. The number of oxazole rings is 1. The average molecular weight is 277 g/mol. The summed E-state index contributed by atoms with van der Waals surface area (Å²) in [7, 11) is 0. The Hall–Kier alpha value is -1.17. The van der Waals surface area contributed by atoms with Crippen LogP contribution in [0.4, 0.5) is 0 Å². The van der Waals surface area contributed by atoms with Crippen molar-refractivity contribution in [1.29, 1.82) is 0 Å². The Morgan fingerprint density at radius 3 is 3.16 bits per heavy atom. The third-order valence-corrected chi connectivity index (χ3v) is 4.56. The summed E-state index contributed by atoms with van der Waals surface area (Å²) in [6.45, 7) is 5.85. The predicted molar refractivity (Wildman–Crippen MR) is 77.0 cm³/mol. The zero-order valence-corrected chi connectivity index (χ0v) is 11.9. The Bertz CT molecular complexity index is 535. The van der Waals surface area contributed by atoms with Gasteiger partial charge in [-0.15, -0.1) is 11.3 Å². The molecule has 2 aromatic heterocycles. The molecule has 0 aliphatic carbocycles. The zero-order chi connectivity index (χ0) is 13.2. The quantitative estimate of drug-likeness (QED) is 0.933. The van der Waals surface area contributed by atoms with Crippen molar-refractivity contribution in [3.05, 3.63) is 29.0 Å². The minimum absolute atomic E-state index is 0.643. The SMILES string of the molecule is Cc1oc(-c2cccs2)nc1CN1CCC(CN)C1. The average Bonchev–Trinajstić information content (AvgIpc) is 3.12. The molecule has 0 radical (unpaired) electrons. The van der Waals surface area contributed by atoms with Crippen LogP contribution in [-0.2, 0) is 6.54 Å². The minimum Gasteiger partial charge on any atom is -0.440 e. The fraction of sp³-hybridized carbons (Fsp3) is 0.500. The second-order valence-electron chi connectivity index (χ2n) is 5.12. The van der Waals surface area contributed by atoms with E-state index in [1.54, 1.807) is 11.3 Å². The number of aryl methyl sites for hydroxylation is 1. The van der Waals surface area contributed by atoms with Crippen LogP contribution in [0.5, 0.6) is 0 Å². The van der Waals surface area contributed by atoms with Crippen LogP contribution < -0.4 is 5.73 Å². The van der Waals surface area contributed by atoms with Crippen LogP contribution in [0.1, 0.15) is 17.9 Å². The number of nitrogens with zero attached hydrogens (tertiary/aromatic N) is 2. The summed E-state index contributed by atoms with van der Waals surface area (Å²) >= 11 is 1.66. The van der Waals surface area contributed by atoms with Crippen molar-refractivity contribution in [1.82, 2.24) is 9.88 Å². The van der Waals surface area contributed by atoms with Crippen LogP contribution in [0.25, 0.3) is 10.8 Å². The Balaban J connectivity index is 1.72. The molecular formula is C14H19N3OS. The molecule has 1 atom stereocenters. The fourth-order valence-corrected chi connectivity index (χ4v) is 3.19. The highest BCUT2D eigenvalue weighted by Gasteiger charge is 2.23. The first-order valence-electron chi connectivity index (χ1n) is 6.69. The Labute approximate surface area is 117 Å². The predicted octanol–water partition coefficient (Wildman–Crippen LogP) is 2.49. The summed E-state index contributed by atoms with van der Waals surface area (Å²) in [5.74, 6) is 2.32. The molecule has 1 aliphatic rings. The topological polar surface area (TPSA) is 55.3 Å². The minimum atomic E-state index is 0.643. The molecule has 1 unspecified atom stereocenters. The molecule has 2 aromatic rings. The van der Waals surface area contributed by atoms with E-state index in [4.69, 9.17) is 10.2 Å². The van der Waals surface area contributed by atoms with E-state index < -0.39 is 0 Å². The maximum Gasteiger partial charge on any atom is 0.236 e. The molecule has 2 N–H and O–H groups in total. The van der Waals surface area contributed by atoms with Gasteiger partial charge in [-0.3, -0.25) is 4.90 Å². The maximum atomic E-state index is 5.77. The van der Waals surface area contributed by atoms with Crippen molar-refractivity contribution >= 4 is 11.3 Å². The lowest BCUT2D eigenvalue weighted by molar-refractivity contribution is 0.312. The van der Waals surface area contributed by atoms with E-state index in [9.17, 15) is 0 Å². The van der Waals surface area contributed by atoms with Crippen molar-refractivity contribution in [2.75, 3.05) is 19.6 Å². The van der Waals surface area contributed by atoms with E-state index in [0.717, 1.165) is 48.4 Å². The Morgan fingerprint density at radius 2 is 2.47 bits per heavy atom. The number of aromatic nitrogens is 1. The molecule has 1 fully saturated rings. The van der Waals surface area contributed by atoms with Gasteiger partial charge in [0.05, 0.1) is 10.6 Å². The summed E-state index contributed by atoms with van der Waals surface area (Å²) < 4.78 is 5.77. The molecule has 19 heavy (non-hydrogen) atoms. The fourth-order valence-electron chi connectivity index (χ4n) is 2.54. The van der Waals surface area contributed by atoms with Gasteiger partial charge in [0.15, 0.2) is 0 Å². The van der Waals surface area contributed by atoms with E-state index in [1.807, 2.05) is 24.4 Å². The summed E-state index contributed by atoms with van der Waals surface area (Å²) in [4.78, 5) is 8.15. The van der Waals surface area contributed by atoms with Gasteiger partial charge in [0, 0.05) is 13.1 Å². The van der Waals surface area contributed by atoms with Gasteiger partial charge in [0.25, 0.3) is 0 Å². The number of likely N-dealkylation sites (tertiary alicyclic amines) is 1. The van der Waals surface area contributed by atoms with Crippen LogP contribution in [0, 0.1) is 12.8 Å². The monoisotopic (exact) mass is 277 g/mol.